The molecule has 0 N–H and O–H groups in total. The molecule has 152 valence electrons. The van der Waals surface area contributed by atoms with E-state index in [0.29, 0.717) is 10.2 Å². The molecule has 5 nitrogen and oxygen atoms in total. The fourth-order valence-corrected chi connectivity index (χ4v) is 5.92. The summed E-state index contributed by atoms with van der Waals surface area (Å²) < 4.78 is 7.71. The average molecular weight is 419 g/mol. The van der Waals surface area contributed by atoms with Crippen LogP contribution >= 0.6 is 11.8 Å². The zero-order valence-electron chi connectivity index (χ0n) is 17.3. The summed E-state index contributed by atoms with van der Waals surface area (Å²) in [7, 11) is 3.52. The maximum absolute atomic E-state index is 12.8. The summed E-state index contributed by atoms with van der Waals surface area (Å²) in [5, 5.41) is 1.09. The standard InChI is InChI=1S/C24H24N3O2S/c1-17-9-7-13-24-14-8-12-19(22(28)29-3)27(24,2)23-25-15-20(26(23)21(17)24)30-16-18-10-5-4-6-11-18/h4-12,14-15H,13,16H2,1-3H3/q+1. The summed E-state index contributed by atoms with van der Waals surface area (Å²) in [6, 6.07) is 10.4. The van der Waals surface area contributed by atoms with Gasteiger partial charge in [0.15, 0.2) is 5.54 Å². The molecule has 0 bridgehead atoms. The number of ether oxygens (including phenoxy) is 1. The Morgan fingerprint density at radius 3 is 2.90 bits per heavy atom. The maximum Gasteiger partial charge on any atom is 0.393 e. The Bertz CT molecular complexity index is 1160. The lowest BCUT2D eigenvalue weighted by Gasteiger charge is -2.44. The van der Waals surface area contributed by atoms with Gasteiger partial charge in [-0.25, -0.2) is 13.8 Å². The lowest BCUT2D eigenvalue weighted by atomic mass is 9.80. The summed E-state index contributed by atoms with van der Waals surface area (Å²) in [6.07, 6.45) is 13.2. The molecule has 2 aromatic rings. The van der Waals surface area contributed by atoms with Crippen molar-refractivity contribution < 1.29 is 9.53 Å². The number of imidazole rings is 1. The summed E-state index contributed by atoms with van der Waals surface area (Å²) in [6.45, 7) is 2.14. The second kappa shape index (κ2) is 6.86. The number of allylic oxidation sites excluding steroid dienone is 4. The maximum atomic E-state index is 12.8. The lowest BCUT2D eigenvalue weighted by molar-refractivity contribution is -0.138. The van der Waals surface area contributed by atoms with Crippen LogP contribution in [0, 0.1) is 0 Å². The van der Waals surface area contributed by atoms with Gasteiger partial charge in [-0.05, 0) is 24.1 Å². The molecule has 0 radical (unpaired) electrons. The Labute approximate surface area is 180 Å². The van der Waals surface area contributed by atoms with Crippen LogP contribution in [0.25, 0.3) is 5.70 Å². The van der Waals surface area contributed by atoms with E-state index in [1.54, 1.807) is 11.8 Å². The number of likely N-dealkylation sites (N-methyl/N-ethyl adjacent to an activating group) is 1. The van der Waals surface area contributed by atoms with Crippen molar-refractivity contribution in [2.75, 3.05) is 14.2 Å². The molecule has 2 aliphatic heterocycles. The number of carbonyl (C=O) groups excluding carboxylic acids is 1. The van der Waals surface area contributed by atoms with Gasteiger partial charge in [-0.15, -0.1) is 11.8 Å². The monoisotopic (exact) mass is 418 g/mol. The van der Waals surface area contributed by atoms with E-state index in [9.17, 15) is 4.79 Å². The van der Waals surface area contributed by atoms with Gasteiger partial charge in [0.25, 0.3) is 0 Å². The highest BCUT2D eigenvalue weighted by atomic mass is 32.2. The molecular formula is C24H24N3O2S+. The van der Waals surface area contributed by atoms with Gasteiger partial charge in [-0.3, -0.25) is 0 Å². The van der Waals surface area contributed by atoms with Crippen molar-refractivity contribution in [1.29, 1.82) is 0 Å². The number of thioether (sulfide) groups is 1. The second-order valence-electron chi connectivity index (χ2n) is 7.98. The van der Waals surface area contributed by atoms with Crippen molar-refractivity contribution in [2.45, 2.75) is 29.7 Å². The van der Waals surface area contributed by atoms with Gasteiger partial charge in [-0.1, -0.05) is 48.6 Å². The van der Waals surface area contributed by atoms with Gasteiger partial charge in [-0.2, -0.15) is 4.98 Å². The number of quaternary nitrogens is 1. The third-order valence-electron chi connectivity index (χ3n) is 6.44. The number of nitrogens with zero attached hydrogens (tertiary/aromatic N) is 3. The van der Waals surface area contributed by atoms with Gasteiger partial charge >= 0.3 is 11.9 Å². The predicted octanol–water partition coefficient (Wildman–Crippen LogP) is 4.68. The molecule has 3 aliphatic rings. The van der Waals surface area contributed by atoms with Crippen molar-refractivity contribution in [3.63, 3.8) is 0 Å². The molecule has 5 rings (SSSR count). The number of fused-ring (bicyclic) bond motifs is 3. The summed E-state index contributed by atoms with van der Waals surface area (Å²) >= 11 is 1.77. The van der Waals surface area contributed by atoms with Crippen LogP contribution in [0.1, 0.15) is 18.9 Å². The van der Waals surface area contributed by atoms with Gasteiger partial charge in [0.1, 0.15) is 5.03 Å². The molecule has 2 unspecified atom stereocenters. The minimum absolute atomic E-state index is 0.291. The van der Waals surface area contributed by atoms with Gasteiger partial charge in [0, 0.05) is 18.2 Å². The van der Waals surface area contributed by atoms with Crippen LogP contribution in [0.2, 0.25) is 0 Å². The van der Waals surface area contributed by atoms with E-state index in [0.717, 1.165) is 23.1 Å². The third-order valence-corrected chi connectivity index (χ3v) is 7.51. The first-order chi connectivity index (χ1) is 14.5. The molecule has 0 fully saturated rings. The largest absolute Gasteiger partial charge is 0.462 e. The summed E-state index contributed by atoms with van der Waals surface area (Å²) in [5.74, 6) is 1.40. The minimum atomic E-state index is -0.400. The molecule has 0 amide bonds. The zero-order valence-corrected chi connectivity index (χ0v) is 18.1. The molecule has 2 atom stereocenters. The Hall–Kier alpha value is -2.83. The fraction of sp³-hybridized carbons (Fsp3) is 0.250. The van der Waals surface area contributed by atoms with E-state index in [-0.39, 0.29) is 5.97 Å². The number of hydrogen-bond acceptors (Lipinski definition) is 4. The summed E-state index contributed by atoms with van der Waals surface area (Å²) in [5.41, 5.74) is 3.86. The average Bonchev–Trinajstić information content (AvgIpc) is 3.27. The Morgan fingerprint density at radius 1 is 1.33 bits per heavy atom. The summed E-state index contributed by atoms with van der Waals surface area (Å²) in [4.78, 5) is 17.6. The van der Waals surface area contributed by atoms with Crippen molar-refractivity contribution in [1.82, 2.24) is 14.0 Å². The Balaban J connectivity index is 1.67. The van der Waals surface area contributed by atoms with Crippen LogP contribution in [-0.4, -0.2) is 35.2 Å². The molecule has 30 heavy (non-hydrogen) atoms. The van der Waals surface area contributed by atoms with E-state index in [1.807, 2.05) is 24.4 Å². The Morgan fingerprint density at radius 2 is 2.13 bits per heavy atom. The molecule has 1 aromatic heterocycles. The molecule has 1 aliphatic carbocycles. The van der Waals surface area contributed by atoms with Gasteiger partial charge in [0.2, 0.25) is 5.70 Å². The Kier molecular flexibility index (Phi) is 4.38. The van der Waals surface area contributed by atoms with E-state index in [4.69, 9.17) is 9.72 Å². The molecular weight excluding hydrogens is 394 g/mol. The quantitative estimate of drug-likeness (QED) is 0.411. The first kappa shape index (κ1) is 19.2. The van der Waals surface area contributed by atoms with Crippen LogP contribution in [0.5, 0.6) is 0 Å². The van der Waals surface area contributed by atoms with Gasteiger partial charge < -0.3 is 4.74 Å². The third kappa shape index (κ3) is 2.41. The van der Waals surface area contributed by atoms with Crippen LogP contribution in [0.4, 0.5) is 5.95 Å². The van der Waals surface area contributed by atoms with Crippen LogP contribution in [-0.2, 0) is 15.3 Å². The predicted molar refractivity (Wildman–Crippen MR) is 121 cm³/mol. The molecule has 0 saturated carbocycles. The van der Waals surface area contributed by atoms with Crippen molar-refractivity contribution >= 4 is 29.4 Å². The molecule has 6 heteroatoms. The zero-order chi connectivity index (χ0) is 20.9. The van der Waals surface area contributed by atoms with Crippen molar-refractivity contribution in [3.05, 3.63) is 83.7 Å². The molecule has 1 spiro atoms. The number of rotatable bonds is 4. The van der Waals surface area contributed by atoms with E-state index in [1.165, 1.54) is 23.9 Å². The molecule has 0 saturated heterocycles. The number of methoxy groups -OCH3 is 1. The highest BCUT2D eigenvalue weighted by Gasteiger charge is 2.65. The highest BCUT2D eigenvalue weighted by Crippen LogP contribution is 2.57. The number of benzene rings is 1. The van der Waals surface area contributed by atoms with E-state index < -0.39 is 5.54 Å². The van der Waals surface area contributed by atoms with Crippen molar-refractivity contribution in [2.24, 2.45) is 0 Å². The SMILES string of the molecule is COC(=O)C1=CC=CC23CC=CC(C)=C2n2c(SCc4ccccc4)cnc2[N+]13C. The highest BCUT2D eigenvalue weighted by molar-refractivity contribution is 7.98. The number of esters is 1. The smallest absolute Gasteiger partial charge is 0.393 e. The molecule has 1 aromatic carbocycles. The van der Waals surface area contributed by atoms with Crippen LogP contribution in [0.3, 0.4) is 0 Å². The fourth-order valence-electron chi connectivity index (χ4n) is 4.98. The second-order valence-corrected chi connectivity index (χ2v) is 8.97. The van der Waals surface area contributed by atoms with Crippen LogP contribution < -0.4 is 4.48 Å². The minimum Gasteiger partial charge on any atom is -0.462 e. The first-order valence-corrected chi connectivity index (χ1v) is 11.0. The van der Waals surface area contributed by atoms with Crippen LogP contribution in [0.15, 0.2) is 83.2 Å². The number of aromatic nitrogens is 2. The first-order valence-electron chi connectivity index (χ1n) is 10.0. The number of carbonyl (C=O) groups is 1. The van der Waals surface area contributed by atoms with E-state index >= 15 is 0 Å². The normalized spacial score (nSPS) is 26.2. The van der Waals surface area contributed by atoms with Gasteiger partial charge in [0.05, 0.1) is 26.1 Å². The van der Waals surface area contributed by atoms with E-state index in [2.05, 4.69) is 61.0 Å². The topological polar surface area (TPSA) is 44.1 Å². The molecule has 3 heterocycles. The number of hydrogen-bond donors (Lipinski definition) is 0. The lowest BCUT2D eigenvalue weighted by Crippen LogP contribution is -2.62. The van der Waals surface area contributed by atoms with Crippen molar-refractivity contribution in [3.8, 4) is 0 Å².